The zero-order chi connectivity index (χ0) is 31.5. The summed E-state index contributed by atoms with van der Waals surface area (Å²) in [5.41, 5.74) is 1.90. The van der Waals surface area contributed by atoms with Crippen LogP contribution < -0.4 is 30.4 Å². The minimum absolute atomic E-state index is 0.142. The Kier molecular flexibility index (Phi) is 8.99. The summed E-state index contributed by atoms with van der Waals surface area (Å²) in [6.45, 7) is 3.20. The smallest absolute Gasteiger partial charge is 0.258 e. The highest BCUT2D eigenvalue weighted by Gasteiger charge is 2.33. The number of halogens is 1. The molecule has 2 aromatic carbocycles. The van der Waals surface area contributed by atoms with Crippen LogP contribution in [0.2, 0.25) is 0 Å². The normalized spacial score (nSPS) is 19.7. The number of nitrogens with one attached hydrogen (secondary N) is 2. The van der Waals surface area contributed by atoms with Gasteiger partial charge in [-0.15, -0.1) is 11.3 Å². The van der Waals surface area contributed by atoms with Gasteiger partial charge in [0.15, 0.2) is 23.1 Å². The lowest BCUT2D eigenvalue weighted by atomic mass is 10.0. The molecular weight excluding hydrogens is 601 g/mol. The quantitative estimate of drug-likeness (QED) is 0.353. The number of hydrogen-bond acceptors (Lipinski definition) is 9. The number of rotatable bonds is 3. The number of amides is 2. The minimum Gasteiger partial charge on any atom is -0.493 e. The predicted molar refractivity (Wildman–Crippen MR) is 165 cm³/mol. The largest absolute Gasteiger partial charge is 0.493 e. The third-order valence-corrected chi connectivity index (χ3v) is 8.74. The van der Waals surface area contributed by atoms with E-state index in [-0.39, 0.29) is 36.9 Å². The second-order valence-corrected chi connectivity index (χ2v) is 12.5. The predicted octanol–water partition coefficient (Wildman–Crippen LogP) is 2.99. The molecule has 2 aliphatic heterocycles. The van der Waals surface area contributed by atoms with Gasteiger partial charge >= 0.3 is 0 Å². The molecule has 11 nitrogen and oxygen atoms in total. The zero-order valence-corrected chi connectivity index (χ0v) is 25.8. The molecule has 4 aromatic rings. The molecule has 2 aromatic heterocycles. The highest BCUT2D eigenvalue weighted by atomic mass is 32.1. The number of aromatic nitrogens is 2. The van der Waals surface area contributed by atoms with Crippen LogP contribution in [0.15, 0.2) is 53.5 Å². The van der Waals surface area contributed by atoms with E-state index in [9.17, 15) is 18.8 Å². The third kappa shape index (κ3) is 7.43. The zero-order valence-electron chi connectivity index (χ0n) is 25.0. The number of carbonyl (C=O) groups excluding carboxylic acids is 2. The monoisotopic (exact) mass is 635 g/mol. The fourth-order valence-electron chi connectivity index (χ4n) is 5.68. The molecule has 2 amide bonds. The van der Waals surface area contributed by atoms with E-state index in [1.54, 1.807) is 28.8 Å². The fourth-order valence-corrected chi connectivity index (χ4v) is 6.53. The van der Waals surface area contributed by atoms with Gasteiger partial charge in [-0.2, -0.15) is 0 Å². The van der Waals surface area contributed by atoms with Crippen molar-refractivity contribution in [2.24, 2.45) is 0 Å². The van der Waals surface area contributed by atoms with Gasteiger partial charge < -0.3 is 24.8 Å². The Morgan fingerprint density at radius 1 is 1.09 bits per heavy atom. The van der Waals surface area contributed by atoms with Gasteiger partial charge in [0.1, 0.15) is 17.7 Å². The van der Waals surface area contributed by atoms with Gasteiger partial charge in [-0.3, -0.25) is 23.7 Å². The number of piperidine rings is 1. The molecule has 13 heteroatoms. The lowest BCUT2D eigenvalue weighted by Gasteiger charge is -2.38. The van der Waals surface area contributed by atoms with Gasteiger partial charge in [-0.25, -0.2) is 9.37 Å². The number of carbonyl (C=O) groups is 2. The summed E-state index contributed by atoms with van der Waals surface area (Å²) in [5.74, 6) is 0.139. The molecule has 1 saturated heterocycles. The molecule has 236 valence electrons. The van der Waals surface area contributed by atoms with Gasteiger partial charge in [-0.05, 0) is 55.2 Å². The maximum Gasteiger partial charge on any atom is 0.258 e. The summed E-state index contributed by atoms with van der Waals surface area (Å²) >= 11 is 1.45. The van der Waals surface area contributed by atoms with E-state index in [4.69, 9.17) is 14.2 Å². The average Bonchev–Trinajstić information content (AvgIpc) is 3.39. The van der Waals surface area contributed by atoms with Crippen molar-refractivity contribution in [1.29, 1.82) is 0 Å². The molecule has 2 atom stereocenters. The van der Waals surface area contributed by atoms with Crippen LogP contribution in [0, 0.1) is 12.7 Å². The summed E-state index contributed by atoms with van der Waals surface area (Å²) in [4.78, 5) is 46.9. The van der Waals surface area contributed by atoms with Crippen molar-refractivity contribution < 1.29 is 28.2 Å². The second kappa shape index (κ2) is 13.2. The second-order valence-electron chi connectivity index (χ2n) is 11.3. The molecule has 4 heterocycles. The molecule has 2 aliphatic rings. The van der Waals surface area contributed by atoms with Crippen molar-refractivity contribution >= 4 is 28.1 Å². The van der Waals surface area contributed by atoms with Crippen LogP contribution in [0.25, 0.3) is 4.96 Å². The van der Waals surface area contributed by atoms with E-state index in [0.717, 1.165) is 10.4 Å². The summed E-state index contributed by atoms with van der Waals surface area (Å²) < 4.78 is 33.7. The van der Waals surface area contributed by atoms with Gasteiger partial charge in [-0.1, -0.05) is 6.07 Å². The molecule has 0 unspecified atom stereocenters. The molecule has 2 N–H and O–H groups in total. The Balaban J connectivity index is 1.25. The number of likely N-dealkylation sites (tertiary alicyclic amines) is 1. The molecule has 4 bridgehead atoms. The summed E-state index contributed by atoms with van der Waals surface area (Å²) in [6.07, 6.45) is 2.47. The molecule has 0 spiro atoms. The Bertz CT molecular complexity index is 1790. The number of benzene rings is 2. The number of fused-ring (bicyclic) bond motifs is 6. The lowest BCUT2D eigenvalue weighted by molar-refractivity contribution is -0.125. The molecule has 0 radical (unpaired) electrons. The van der Waals surface area contributed by atoms with Crippen LogP contribution in [-0.2, 0) is 29.1 Å². The third-order valence-electron chi connectivity index (χ3n) is 7.84. The first kappa shape index (κ1) is 30.5. The molecular formula is C32H34FN5O6S. The first-order chi connectivity index (χ1) is 21.7. The van der Waals surface area contributed by atoms with Crippen molar-refractivity contribution in [3.63, 3.8) is 0 Å². The number of ether oxygens (including phenoxy) is 3. The lowest BCUT2D eigenvalue weighted by Crippen LogP contribution is -2.57. The standard InChI is InChI=1S/C32H34FN5O6S/c1-19-15-38-31(41)13-23(35-32(38)45-19)16-37-8-7-26-25(17-37)36-30(40)18-43-28-11-20(3-5-27(28)42-2)4-6-29(39)34-14-21-9-22(33)12-24(10-21)44-26/h3,5,9-13,15,25-26H,4,6-8,14,16-18H2,1-2H3,(H,34,39)(H,36,40)/t25-,26-/m1/s1. The highest BCUT2D eigenvalue weighted by molar-refractivity contribution is 7.16. The van der Waals surface area contributed by atoms with Crippen LogP contribution in [0.1, 0.15) is 34.5 Å². The van der Waals surface area contributed by atoms with Gasteiger partial charge in [0, 0.05) is 55.8 Å². The van der Waals surface area contributed by atoms with Gasteiger partial charge in [0.05, 0.1) is 18.8 Å². The Hall–Kier alpha value is -4.49. The minimum atomic E-state index is -0.486. The summed E-state index contributed by atoms with van der Waals surface area (Å²) in [5, 5.41) is 5.90. The van der Waals surface area contributed by atoms with E-state index in [1.807, 2.05) is 13.0 Å². The first-order valence-corrected chi connectivity index (χ1v) is 15.6. The van der Waals surface area contributed by atoms with Crippen molar-refractivity contribution in [3.8, 4) is 17.2 Å². The summed E-state index contributed by atoms with van der Waals surface area (Å²) in [6, 6.07) is 10.8. The SMILES string of the molecule is COc1ccc2cc1OCC(=O)N[C@@H]1CN(Cc3cc(=O)n4cc(C)sc4n3)CC[C@H]1Oc1cc(F)cc(c1)CNC(=O)CC2. The Morgan fingerprint density at radius 3 is 2.80 bits per heavy atom. The van der Waals surface area contributed by atoms with E-state index in [2.05, 4.69) is 20.5 Å². The maximum atomic E-state index is 14.6. The van der Waals surface area contributed by atoms with Crippen LogP contribution in [0.5, 0.6) is 17.2 Å². The molecule has 0 saturated carbocycles. The van der Waals surface area contributed by atoms with Crippen LogP contribution in [0.3, 0.4) is 0 Å². The van der Waals surface area contributed by atoms with Crippen LogP contribution in [-0.4, -0.2) is 65.1 Å². The Labute approximate surface area is 262 Å². The van der Waals surface area contributed by atoms with Crippen LogP contribution >= 0.6 is 11.3 Å². The fraction of sp³-hybridized carbons (Fsp3) is 0.375. The maximum absolute atomic E-state index is 14.6. The average molecular weight is 636 g/mol. The van der Waals surface area contributed by atoms with Crippen molar-refractivity contribution in [3.05, 3.63) is 86.5 Å². The van der Waals surface area contributed by atoms with Crippen LogP contribution in [0.4, 0.5) is 4.39 Å². The molecule has 45 heavy (non-hydrogen) atoms. The molecule has 0 aliphatic carbocycles. The topological polar surface area (TPSA) is 124 Å². The first-order valence-electron chi connectivity index (χ1n) is 14.8. The van der Waals surface area contributed by atoms with Crippen molar-refractivity contribution in [1.82, 2.24) is 24.9 Å². The van der Waals surface area contributed by atoms with E-state index in [1.165, 1.54) is 36.6 Å². The van der Waals surface area contributed by atoms with Gasteiger partial charge in [0.25, 0.3) is 11.5 Å². The van der Waals surface area contributed by atoms with Crippen molar-refractivity contribution in [2.45, 2.75) is 51.4 Å². The molecule has 1 fully saturated rings. The number of nitrogens with zero attached hydrogens (tertiary/aromatic N) is 3. The number of hydrogen-bond donors (Lipinski definition) is 2. The summed E-state index contributed by atoms with van der Waals surface area (Å²) in [7, 11) is 1.52. The van der Waals surface area contributed by atoms with E-state index in [0.29, 0.717) is 65.9 Å². The van der Waals surface area contributed by atoms with Gasteiger partial charge in [0.2, 0.25) is 5.91 Å². The van der Waals surface area contributed by atoms with E-state index >= 15 is 0 Å². The number of thiazole rings is 1. The van der Waals surface area contributed by atoms with E-state index < -0.39 is 18.0 Å². The van der Waals surface area contributed by atoms with Crippen molar-refractivity contribution in [2.75, 3.05) is 26.8 Å². The Morgan fingerprint density at radius 2 is 1.96 bits per heavy atom. The highest BCUT2D eigenvalue weighted by Crippen LogP contribution is 2.29. The number of aryl methyl sites for hydroxylation is 2. The number of methoxy groups -OCH3 is 1. The molecule has 6 rings (SSSR count).